The van der Waals surface area contributed by atoms with Crippen LogP contribution in [-0.4, -0.2) is 59.7 Å². The van der Waals surface area contributed by atoms with Gasteiger partial charge in [0.15, 0.2) is 6.10 Å². The molecule has 0 bridgehead atoms. The zero-order valence-electron chi connectivity index (χ0n) is 9.35. The van der Waals surface area contributed by atoms with Crippen molar-refractivity contribution >= 4 is 23.6 Å². The molecule has 1 atom stereocenters. The second-order valence-electron chi connectivity index (χ2n) is 3.63. The molecule has 1 heterocycles. The summed E-state index contributed by atoms with van der Waals surface area (Å²) in [6.45, 7) is 0.987. The minimum absolute atomic E-state index is 0.0311. The molecule has 1 fully saturated rings. The molecular formula is C10H17NO4S. The molecule has 0 aromatic heterocycles. The van der Waals surface area contributed by atoms with Gasteiger partial charge in [0.05, 0.1) is 13.2 Å². The molecule has 5 nitrogen and oxygen atoms in total. The molecule has 1 aliphatic heterocycles. The summed E-state index contributed by atoms with van der Waals surface area (Å²) in [6, 6.07) is 0. The second kappa shape index (κ2) is 6.75. The Morgan fingerprint density at radius 3 is 2.94 bits per heavy atom. The van der Waals surface area contributed by atoms with Gasteiger partial charge in [0.2, 0.25) is 5.91 Å². The number of morpholine rings is 1. The molecule has 0 aromatic rings. The quantitative estimate of drug-likeness (QED) is 0.714. The van der Waals surface area contributed by atoms with Gasteiger partial charge in [-0.15, -0.1) is 0 Å². The maximum Gasteiger partial charge on any atom is 0.334 e. The molecular weight excluding hydrogens is 230 g/mol. The molecule has 0 spiro atoms. The van der Waals surface area contributed by atoms with E-state index in [9.17, 15) is 9.59 Å². The number of nitrogens with zero attached hydrogens (tertiary/aromatic N) is 1. The summed E-state index contributed by atoms with van der Waals surface area (Å²) in [5.41, 5.74) is 0. The highest BCUT2D eigenvalue weighted by molar-refractivity contribution is 7.98. The van der Waals surface area contributed by atoms with Crippen LogP contribution in [0, 0.1) is 0 Å². The first-order valence-electron chi connectivity index (χ1n) is 5.26. The molecule has 1 aliphatic rings. The normalized spacial score (nSPS) is 20.8. The Morgan fingerprint density at radius 2 is 2.31 bits per heavy atom. The van der Waals surface area contributed by atoms with E-state index in [4.69, 9.17) is 9.84 Å². The van der Waals surface area contributed by atoms with Gasteiger partial charge in [-0.1, -0.05) is 0 Å². The molecule has 1 saturated heterocycles. The van der Waals surface area contributed by atoms with Crippen molar-refractivity contribution in [3.05, 3.63) is 0 Å². The number of amides is 1. The summed E-state index contributed by atoms with van der Waals surface area (Å²) in [4.78, 5) is 24.0. The van der Waals surface area contributed by atoms with Crippen LogP contribution < -0.4 is 0 Å². The summed E-state index contributed by atoms with van der Waals surface area (Å²) in [7, 11) is 0. The smallest absolute Gasteiger partial charge is 0.334 e. The zero-order chi connectivity index (χ0) is 12.0. The zero-order valence-corrected chi connectivity index (χ0v) is 10.2. The number of carboxylic acid groups (broad SMARTS) is 1. The maximum atomic E-state index is 11.7. The Labute approximate surface area is 99.1 Å². The van der Waals surface area contributed by atoms with E-state index in [0.29, 0.717) is 19.6 Å². The Balaban J connectivity index is 2.35. The van der Waals surface area contributed by atoms with Crippen molar-refractivity contribution in [1.82, 2.24) is 4.90 Å². The third-order valence-corrected chi connectivity index (χ3v) is 3.13. The highest BCUT2D eigenvalue weighted by Gasteiger charge is 2.28. The maximum absolute atomic E-state index is 11.7. The van der Waals surface area contributed by atoms with Gasteiger partial charge in [-0.3, -0.25) is 4.79 Å². The van der Waals surface area contributed by atoms with Crippen LogP contribution in [0.3, 0.4) is 0 Å². The topological polar surface area (TPSA) is 66.8 Å². The van der Waals surface area contributed by atoms with Gasteiger partial charge in [0, 0.05) is 13.0 Å². The highest BCUT2D eigenvalue weighted by atomic mass is 32.2. The summed E-state index contributed by atoms with van der Waals surface area (Å²) in [5.74, 6) is -0.0106. The lowest BCUT2D eigenvalue weighted by atomic mass is 10.2. The number of hydrogen-bond acceptors (Lipinski definition) is 4. The van der Waals surface area contributed by atoms with Gasteiger partial charge < -0.3 is 14.7 Å². The second-order valence-corrected chi connectivity index (χ2v) is 4.62. The van der Waals surface area contributed by atoms with Crippen molar-refractivity contribution in [1.29, 1.82) is 0 Å². The van der Waals surface area contributed by atoms with Crippen LogP contribution in [0.5, 0.6) is 0 Å². The van der Waals surface area contributed by atoms with Crippen molar-refractivity contribution in [2.24, 2.45) is 0 Å². The lowest BCUT2D eigenvalue weighted by Gasteiger charge is -2.30. The van der Waals surface area contributed by atoms with Gasteiger partial charge >= 0.3 is 5.97 Å². The molecule has 1 N–H and O–H groups in total. The number of aliphatic carboxylic acids is 1. The van der Waals surface area contributed by atoms with Gasteiger partial charge in [-0.05, 0) is 18.4 Å². The molecule has 16 heavy (non-hydrogen) atoms. The number of thioether (sulfide) groups is 1. The van der Waals surface area contributed by atoms with E-state index in [1.165, 1.54) is 0 Å². The molecule has 92 valence electrons. The molecule has 0 aliphatic carbocycles. The van der Waals surface area contributed by atoms with Crippen molar-refractivity contribution in [3.8, 4) is 0 Å². The lowest BCUT2D eigenvalue weighted by molar-refractivity contribution is -0.159. The average Bonchev–Trinajstić information content (AvgIpc) is 2.29. The molecule has 0 radical (unpaired) electrons. The van der Waals surface area contributed by atoms with Gasteiger partial charge in [-0.2, -0.15) is 11.8 Å². The van der Waals surface area contributed by atoms with E-state index in [-0.39, 0.29) is 12.5 Å². The summed E-state index contributed by atoms with van der Waals surface area (Å²) in [5, 5.41) is 8.79. The van der Waals surface area contributed by atoms with Crippen molar-refractivity contribution in [2.45, 2.75) is 18.9 Å². The molecule has 6 heteroatoms. The molecule has 1 amide bonds. The van der Waals surface area contributed by atoms with E-state index < -0.39 is 12.1 Å². The molecule has 1 unspecified atom stereocenters. The monoisotopic (exact) mass is 247 g/mol. The number of ether oxygens (including phenoxy) is 1. The molecule has 0 saturated carbocycles. The predicted octanol–water partition coefficient (Wildman–Crippen LogP) is 0.442. The summed E-state index contributed by atoms with van der Waals surface area (Å²) < 4.78 is 5.05. The first kappa shape index (κ1) is 13.3. The van der Waals surface area contributed by atoms with Gasteiger partial charge in [-0.25, -0.2) is 4.79 Å². The first-order chi connectivity index (χ1) is 7.65. The Kier molecular flexibility index (Phi) is 5.62. The fourth-order valence-corrected chi connectivity index (χ4v) is 1.98. The minimum Gasteiger partial charge on any atom is -0.479 e. The average molecular weight is 247 g/mol. The first-order valence-corrected chi connectivity index (χ1v) is 6.65. The van der Waals surface area contributed by atoms with Gasteiger partial charge in [0.1, 0.15) is 0 Å². The van der Waals surface area contributed by atoms with Crippen LogP contribution in [0.2, 0.25) is 0 Å². The fraction of sp³-hybridized carbons (Fsp3) is 0.800. The van der Waals surface area contributed by atoms with Crippen molar-refractivity contribution < 1.29 is 19.4 Å². The number of hydrogen-bond donors (Lipinski definition) is 1. The SMILES string of the molecule is CSCCCC(=O)N1CCOC(C(=O)O)C1. The third kappa shape index (κ3) is 4.02. The van der Waals surface area contributed by atoms with E-state index in [1.807, 2.05) is 6.26 Å². The largest absolute Gasteiger partial charge is 0.479 e. The Bertz CT molecular complexity index is 259. The minimum atomic E-state index is -0.999. The molecule has 1 rings (SSSR count). The fourth-order valence-electron chi connectivity index (χ4n) is 1.55. The Hall–Kier alpha value is -0.750. The van der Waals surface area contributed by atoms with Gasteiger partial charge in [0.25, 0.3) is 0 Å². The van der Waals surface area contributed by atoms with Crippen LogP contribution in [0.15, 0.2) is 0 Å². The van der Waals surface area contributed by atoms with E-state index in [0.717, 1.165) is 12.2 Å². The standard InChI is InChI=1S/C10H17NO4S/c1-16-6-2-3-9(12)11-4-5-15-8(7-11)10(13)14/h8H,2-7H2,1H3,(H,13,14). The highest BCUT2D eigenvalue weighted by Crippen LogP contribution is 2.09. The van der Waals surface area contributed by atoms with Crippen molar-refractivity contribution in [3.63, 3.8) is 0 Å². The van der Waals surface area contributed by atoms with Crippen molar-refractivity contribution in [2.75, 3.05) is 31.7 Å². The van der Waals surface area contributed by atoms with E-state index >= 15 is 0 Å². The lowest BCUT2D eigenvalue weighted by Crippen LogP contribution is -2.48. The van der Waals surface area contributed by atoms with Crippen LogP contribution in [0.4, 0.5) is 0 Å². The predicted molar refractivity (Wildman–Crippen MR) is 61.6 cm³/mol. The number of rotatable bonds is 5. The number of carbonyl (C=O) groups is 2. The van der Waals surface area contributed by atoms with Crippen LogP contribution in [0.25, 0.3) is 0 Å². The number of carbonyl (C=O) groups excluding carboxylic acids is 1. The van der Waals surface area contributed by atoms with Crippen LogP contribution in [-0.2, 0) is 14.3 Å². The van der Waals surface area contributed by atoms with Crippen LogP contribution >= 0.6 is 11.8 Å². The summed E-state index contributed by atoms with van der Waals surface area (Å²) >= 11 is 1.71. The van der Waals surface area contributed by atoms with Crippen LogP contribution in [0.1, 0.15) is 12.8 Å². The Morgan fingerprint density at radius 1 is 1.56 bits per heavy atom. The number of carboxylic acids is 1. The summed E-state index contributed by atoms with van der Waals surface area (Å²) in [6.07, 6.45) is 2.47. The van der Waals surface area contributed by atoms with E-state index in [1.54, 1.807) is 16.7 Å². The molecule has 0 aromatic carbocycles. The third-order valence-electron chi connectivity index (χ3n) is 2.43. The van der Waals surface area contributed by atoms with E-state index in [2.05, 4.69) is 0 Å².